The highest BCUT2D eigenvalue weighted by atomic mass is 16.1. The van der Waals surface area contributed by atoms with Gasteiger partial charge in [-0.3, -0.25) is 4.79 Å². The van der Waals surface area contributed by atoms with E-state index in [0.29, 0.717) is 0 Å². The van der Waals surface area contributed by atoms with Crippen LogP contribution in [0.15, 0.2) is 42.5 Å². The first-order valence-corrected chi connectivity index (χ1v) is 7.16. The molecule has 0 saturated heterocycles. The second kappa shape index (κ2) is 6.44. The predicted octanol–water partition coefficient (Wildman–Crippen LogP) is 4.43. The van der Waals surface area contributed by atoms with Crippen LogP contribution in [0.2, 0.25) is 0 Å². The minimum atomic E-state index is -0.0606. The van der Waals surface area contributed by atoms with E-state index in [-0.39, 0.29) is 11.9 Å². The van der Waals surface area contributed by atoms with Crippen molar-refractivity contribution >= 4 is 17.3 Å². The summed E-state index contributed by atoms with van der Waals surface area (Å²) in [7, 11) is 0. The molecule has 21 heavy (non-hydrogen) atoms. The van der Waals surface area contributed by atoms with Gasteiger partial charge in [-0.15, -0.1) is 0 Å². The average Bonchev–Trinajstić information content (AvgIpc) is 2.37. The standard InChI is InChI=1S/C18H22N2O/c1-12-8-13(2)10-16(9-12)14(3)19-17-6-5-7-18(11-17)20-15(4)21/h5-11,14,19H,1-4H3,(H,20,21). The Balaban J connectivity index is 2.15. The topological polar surface area (TPSA) is 41.1 Å². The van der Waals surface area contributed by atoms with Gasteiger partial charge in [-0.05, 0) is 44.5 Å². The summed E-state index contributed by atoms with van der Waals surface area (Å²) in [6.07, 6.45) is 0. The van der Waals surface area contributed by atoms with E-state index >= 15 is 0 Å². The molecule has 2 aromatic rings. The Hall–Kier alpha value is -2.29. The molecule has 110 valence electrons. The van der Waals surface area contributed by atoms with Crippen molar-refractivity contribution in [3.63, 3.8) is 0 Å². The predicted molar refractivity (Wildman–Crippen MR) is 88.7 cm³/mol. The molecule has 3 nitrogen and oxygen atoms in total. The number of anilines is 2. The molecule has 1 amide bonds. The maximum absolute atomic E-state index is 11.1. The lowest BCUT2D eigenvalue weighted by Gasteiger charge is -2.17. The molecule has 0 fully saturated rings. The first-order chi connectivity index (χ1) is 9.94. The highest BCUT2D eigenvalue weighted by Gasteiger charge is 2.07. The van der Waals surface area contributed by atoms with Gasteiger partial charge in [-0.1, -0.05) is 35.4 Å². The van der Waals surface area contributed by atoms with Crippen molar-refractivity contribution < 1.29 is 4.79 Å². The van der Waals surface area contributed by atoms with Crippen molar-refractivity contribution in [2.45, 2.75) is 33.7 Å². The third kappa shape index (κ3) is 4.35. The highest BCUT2D eigenvalue weighted by Crippen LogP contribution is 2.23. The first-order valence-electron chi connectivity index (χ1n) is 7.16. The first kappa shape index (κ1) is 15.1. The molecule has 0 heterocycles. The van der Waals surface area contributed by atoms with Crippen molar-refractivity contribution in [3.05, 3.63) is 59.2 Å². The summed E-state index contributed by atoms with van der Waals surface area (Å²) in [5.41, 5.74) is 5.60. The number of rotatable bonds is 4. The zero-order valence-electron chi connectivity index (χ0n) is 13.0. The van der Waals surface area contributed by atoms with Gasteiger partial charge in [0.15, 0.2) is 0 Å². The Morgan fingerprint density at radius 2 is 1.62 bits per heavy atom. The molecule has 1 unspecified atom stereocenters. The van der Waals surface area contributed by atoms with Gasteiger partial charge < -0.3 is 10.6 Å². The smallest absolute Gasteiger partial charge is 0.221 e. The van der Waals surface area contributed by atoms with Crippen LogP contribution in [-0.2, 0) is 4.79 Å². The van der Waals surface area contributed by atoms with Gasteiger partial charge in [0.05, 0.1) is 0 Å². The summed E-state index contributed by atoms with van der Waals surface area (Å²) < 4.78 is 0. The summed E-state index contributed by atoms with van der Waals surface area (Å²) in [4.78, 5) is 11.1. The van der Waals surface area contributed by atoms with Gasteiger partial charge in [0.1, 0.15) is 0 Å². The van der Waals surface area contributed by atoms with Crippen LogP contribution in [0.4, 0.5) is 11.4 Å². The van der Waals surface area contributed by atoms with Crippen molar-refractivity contribution in [2.75, 3.05) is 10.6 Å². The maximum atomic E-state index is 11.1. The number of hydrogen-bond acceptors (Lipinski definition) is 2. The van der Waals surface area contributed by atoms with Crippen LogP contribution in [0.3, 0.4) is 0 Å². The molecule has 0 aromatic heterocycles. The lowest BCUT2D eigenvalue weighted by Crippen LogP contribution is -2.09. The quantitative estimate of drug-likeness (QED) is 0.870. The number of hydrogen-bond donors (Lipinski definition) is 2. The largest absolute Gasteiger partial charge is 0.378 e. The Morgan fingerprint density at radius 3 is 2.24 bits per heavy atom. The second-order valence-corrected chi connectivity index (χ2v) is 5.55. The van der Waals surface area contributed by atoms with E-state index in [9.17, 15) is 4.79 Å². The summed E-state index contributed by atoms with van der Waals surface area (Å²) >= 11 is 0. The van der Waals surface area contributed by atoms with E-state index in [1.807, 2.05) is 24.3 Å². The number of nitrogens with one attached hydrogen (secondary N) is 2. The number of carbonyl (C=O) groups excluding carboxylic acids is 1. The van der Waals surface area contributed by atoms with Gasteiger partial charge in [0, 0.05) is 24.3 Å². The molecule has 0 aliphatic heterocycles. The molecular formula is C18H22N2O. The monoisotopic (exact) mass is 282 g/mol. The maximum Gasteiger partial charge on any atom is 0.221 e. The van der Waals surface area contributed by atoms with Crippen LogP contribution >= 0.6 is 0 Å². The molecule has 0 aliphatic carbocycles. The third-order valence-corrected chi connectivity index (χ3v) is 3.31. The Labute approximate surface area is 126 Å². The molecule has 2 N–H and O–H groups in total. The fourth-order valence-corrected chi connectivity index (χ4v) is 2.48. The minimum absolute atomic E-state index is 0.0606. The fourth-order valence-electron chi connectivity index (χ4n) is 2.48. The Morgan fingerprint density at radius 1 is 1.00 bits per heavy atom. The lowest BCUT2D eigenvalue weighted by molar-refractivity contribution is -0.114. The number of carbonyl (C=O) groups is 1. The summed E-state index contributed by atoms with van der Waals surface area (Å²) in [5.74, 6) is -0.0606. The van der Waals surface area contributed by atoms with E-state index < -0.39 is 0 Å². The summed E-state index contributed by atoms with van der Waals surface area (Å²) in [6.45, 7) is 7.87. The van der Waals surface area contributed by atoms with E-state index in [0.717, 1.165) is 11.4 Å². The SMILES string of the molecule is CC(=O)Nc1cccc(NC(C)c2cc(C)cc(C)c2)c1. The van der Waals surface area contributed by atoms with Crippen LogP contribution in [0.5, 0.6) is 0 Å². The normalized spacial score (nSPS) is 11.8. The van der Waals surface area contributed by atoms with Crippen LogP contribution in [-0.4, -0.2) is 5.91 Å². The average molecular weight is 282 g/mol. The van der Waals surface area contributed by atoms with Crippen LogP contribution in [0.25, 0.3) is 0 Å². The van der Waals surface area contributed by atoms with E-state index in [2.05, 4.69) is 49.6 Å². The Bertz CT molecular complexity index is 629. The fraction of sp³-hybridized carbons (Fsp3) is 0.278. The number of amides is 1. The van der Waals surface area contributed by atoms with E-state index in [1.54, 1.807) is 0 Å². The van der Waals surface area contributed by atoms with Crippen molar-refractivity contribution in [2.24, 2.45) is 0 Å². The molecule has 2 rings (SSSR count). The van der Waals surface area contributed by atoms with Crippen LogP contribution in [0.1, 0.15) is 36.6 Å². The zero-order chi connectivity index (χ0) is 15.4. The molecule has 2 aromatic carbocycles. The van der Waals surface area contributed by atoms with Gasteiger partial charge in [-0.25, -0.2) is 0 Å². The van der Waals surface area contributed by atoms with Crippen molar-refractivity contribution in [3.8, 4) is 0 Å². The van der Waals surface area contributed by atoms with Crippen LogP contribution in [0, 0.1) is 13.8 Å². The summed E-state index contributed by atoms with van der Waals surface area (Å²) in [6, 6.07) is 14.5. The number of aryl methyl sites for hydroxylation is 2. The van der Waals surface area contributed by atoms with Gasteiger partial charge in [-0.2, -0.15) is 0 Å². The molecule has 0 aliphatic rings. The van der Waals surface area contributed by atoms with E-state index in [4.69, 9.17) is 0 Å². The van der Waals surface area contributed by atoms with Gasteiger partial charge in [0.25, 0.3) is 0 Å². The highest BCUT2D eigenvalue weighted by molar-refractivity contribution is 5.89. The second-order valence-electron chi connectivity index (χ2n) is 5.55. The van der Waals surface area contributed by atoms with Gasteiger partial charge >= 0.3 is 0 Å². The molecule has 0 radical (unpaired) electrons. The van der Waals surface area contributed by atoms with E-state index in [1.165, 1.54) is 23.6 Å². The summed E-state index contributed by atoms with van der Waals surface area (Å²) in [5, 5.41) is 6.27. The minimum Gasteiger partial charge on any atom is -0.378 e. The van der Waals surface area contributed by atoms with Gasteiger partial charge in [0.2, 0.25) is 5.91 Å². The van der Waals surface area contributed by atoms with Crippen molar-refractivity contribution in [1.29, 1.82) is 0 Å². The zero-order valence-corrected chi connectivity index (χ0v) is 13.0. The molecule has 0 spiro atoms. The van der Waals surface area contributed by atoms with Crippen LogP contribution < -0.4 is 10.6 Å². The third-order valence-electron chi connectivity index (χ3n) is 3.31. The molecule has 0 saturated carbocycles. The molecule has 1 atom stereocenters. The lowest BCUT2D eigenvalue weighted by atomic mass is 10.0. The van der Waals surface area contributed by atoms with Crippen molar-refractivity contribution in [1.82, 2.24) is 0 Å². The molecule has 0 bridgehead atoms. The Kier molecular flexibility index (Phi) is 4.63. The molecular weight excluding hydrogens is 260 g/mol. The molecule has 3 heteroatoms. The number of benzene rings is 2.